The summed E-state index contributed by atoms with van der Waals surface area (Å²) in [6, 6.07) is 5.90. The van der Waals surface area contributed by atoms with Crippen LogP contribution in [-0.4, -0.2) is 280 Å². The van der Waals surface area contributed by atoms with Crippen LogP contribution in [0, 0.1) is 0 Å². The van der Waals surface area contributed by atoms with Crippen LogP contribution in [0.15, 0.2) is 78.9 Å². The Bertz CT molecular complexity index is 6710. The highest BCUT2D eigenvalue weighted by Gasteiger charge is 2.56. The van der Waals surface area contributed by atoms with Gasteiger partial charge in [-0.1, -0.05) is 6.07 Å². The summed E-state index contributed by atoms with van der Waals surface area (Å²) in [6.45, 7) is -3.16. The van der Waals surface area contributed by atoms with Gasteiger partial charge in [0, 0.05) is 63.6 Å². The highest BCUT2D eigenvalue weighted by atomic mass is 16.7. The Balaban J connectivity index is 0.880. The van der Waals surface area contributed by atoms with Crippen molar-refractivity contribution in [2.24, 2.45) is 0 Å². The molecule has 12 atom stereocenters. The topological polar surface area (TPSA) is 865 Å². The number of aromatic hydroxyl groups is 27. The first-order chi connectivity index (χ1) is 62.6. The fraction of sp³-hybridized carbons (Fsp3) is 0.181. The molecule has 50 nitrogen and oxygen atoms in total. The lowest BCUT2D eigenvalue weighted by molar-refractivity contribution is -0.284. The molecule has 5 heterocycles. The molecular weight excluding hydrogens is 1800 g/mol. The van der Waals surface area contributed by atoms with E-state index in [4.69, 9.17) is 52.1 Å². The molecular formula is C83H62O50. The van der Waals surface area contributed by atoms with Crippen LogP contribution in [0.5, 0.6) is 172 Å². The van der Waals surface area contributed by atoms with Gasteiger partial charge in [-0.15, -0.1) is 0 Å². The fourth-order valence-corrected chi connectivity index (χ4v) is 15.2. The number of rotatable bonds is 10. The molecule has 694 valence electrons. The summed E-state index contributed by atoms with van der Waals surface area (Å²) >= 11 is 0. The van der Waals surface area contributed by atoms with E-state index in [9.17, 15) is 177 Å². The predicted octanol–water partition coefficient (Wildman–Crippen LogP) is 2.99. The Hall–Kier alpha value is -18.0. The van der Waals surface area contributed by atoms with E-state index < -0.39 is 402 Å². The first kappa shape index (κ1) is 89.8. The molecule has 10 aromatic rings. The minimum atomic E-state index is -3.35. The molecule has 1 fully saturated rings. The van der Waals surface area contributed by atoms with Gasteiger partial charge < -0.3 is 210 Å². The maximum absolute atomic E-state index is 16.1. The van der Waals surface area contributed by atoms with Gasteiger partial charge in [0.25, 0.3) is 0 Å². The number of ether oxygens (including phenoxy) is 11. The zero-order chi connectivity index (χ0) is 96.8. The number of phenols is 27. The molecule has 5 aliphatic heterocycles. The number of aliphatic hydroxyl groups excluding tert-OH is 4. The number of carbonyl (C=O) groups excluding carboxylic acids is 8. The standard InChI is InChI=1S/C83H62O50/c84-27-2-1-17(3-28(27)85)67-38(95)6-19-40(125-67)14-29(86)49(50(19)97)65(112)71-72(69-39(96)15-123-76(115)20-7-32(89)52(99)59(106)43(20)45-22(78(117)128-69)9-34(91)54(101)61(45)108)132-80(119)24-11-36(93)56(103)63(110)47(24)48-25(81(120)130-71)13-41(58(105)64(48)111)126-68-26(12-37(94)57(104)66(68)113)82(121)133-74-73(131-75(114)18-4-30(87)51(98)31(88)5-18)70-42(127-83(74)122)16-124-77(116)21-8-33(90)53(100)60(107)44(21)46-23(79(118)129-70)10-35(92)55(102)62(46)109/h1-5,7-14,38-39,42,65,67,69-74,83-113,122H,6,15-16H2/t38-,39-,42-,65+,67-,69-,70-,71+,72+,73+,74-,83?/m1/s1. The van der Waals surface area contributed by atoms with Crippen LogP contribution < -0.4 is 9.47 Å². The molecule has 0 aromatic heterocycles. The number of carbonyl (C=O) groups is 8. The molecule has 0 spiro atoms. The molecule has 0 aliphatic carbocycles. The third-order valence-corrected chi connectivity index (χ3v) is 21.7. The van der Waals surface area contributed by atoms with Gasteiger partial charge >= 0.3 is 47.8 Å². The van der Waals surface area contributed by atoms with Crippen LogP contribution in [0.25, 0.3) is 33.4 Å². The first-order valence-electron chi connectivity index (χ1n) is 37.6. The van der Waals surface area contributed by atoms with Gasteiger partial charge in [0.1, 0.15) is 60.4 Å². The van der Waals surface area contributed by atoms with Gasteiger partial charge in [-0.2, -0.15) is 0 Å². The van der Waals surface area contributed by atoms with Crippen LogP contribution in [0.1, 0.15) is 112 Å². The molecule has 0 amide bonds. The zero-order valence-electron chi connectivity index (χ0n) is 65.7. The Morgan fingerprint density at radius 1 is 0.346 bits per heavy atom. The van der Waals surface area contributed by atoms with Crippen LogP contribution in [-0.2, 0) is 49.1 Å². The summed E-state index contributed by atoms with van der Waals surface area (Å²) < 4.78 is 62.3. The van der Waals surface area contributed by atoms with Crippen LogP contribution in [0.4, 0.5) is 0 Å². The maximum Gasteiger partial charge on any atom is 0.342 e. The lowest BCUT2D eigenvalue weighted by atomic mass is 9.88. The lowest BCUT2D eigenvalue weighted by Gasteiger charge is -2.42. The smallest absolute Gasteiger partial charge is 0.342 e. The molecule has 31 N–H and O–H groups in total. The number of fused-ring (bicyclic) bond motifs is 11. The van der Waals surface area contributed by atoms with Crippen molar-refractivity contribution in [1.29, 1.82) is 0 Å². The normalized spacial score (nSPS) is 20.7. The summed E-state index contributed by atoms with van der Waals surface area (Å²) in [5.41, 5.74) is -21.1. The quantitative estimate of drug-likeness (QED) is 0.0531. The third kappa shape index (κ3) is 15.0. The Kier molecular flexibility index (Phi) is 22.3. The summed E-state index contributed by atoms with van der Waals surface area (Å²) in [6.07, 6.45) is -34.3. The van der Waals surface area contributed by atoms with E-state index in [1.807, 2.05) is 0 Å². The number of aliphatic hydroxyl groups is 4. The van der Waals surface area contributed by atoms with Crippen molar-refractivity contribution in [3.63, 3.8) is 0 Å². The van der Waals surface area contributed by atoms with Crippen LogP contribution in [0.2, 0.25) is 0 Å². The summed E-state index contributed by atoms with van der Waals surface area (Å²) in [7, 11) is 0. The van der Waals surface area contributed by atoms with Crippen LogP contribution in [0.3, 0.4) is 0 Å². The van der Waals surface area contributed by atoms with Crippen molar-refractivity contribution in [2.45, 2.75) is 79.9 Å². The zero-order valence-corrected chi connectivity index (χ0v) is 65.7. The average Bonchev–Trinajstić information content (AvgIpc) is 1.64. The second-order valence-electron chi connectivity index (χ2n) is 29.7. The third-order valence-electron chi connectivity index (χ3n) is 21.7. The van der Waals surface area contributed by atoms with Gasteiger partial charge in [0.05, 0.1) is 50.6 Å². The number of benzene rings is 10. The molecule has 0 bridgehead atoms. The monoisotopic (exact) mass is 1860 g/mol. The Morgan fingerprint density at radius 2 is 0.752 bits per heavy atom. The molecule has 5 aliphatic rings. The van der Waals surface area contributed by atoms with Crippen molar-refractivity contribution in [3.05, 3.63) is 140 Å². The van der Waals surface area contributed by atoms with Crippen LogP contribution >= 0.6 is 0 Å². The fourth-order valence-electron chi connectivity index (χ4n) is 15.2. The van der Waals surface area contributed by atoms with E-state index in [0.29, 0.717) is 30.3 Å². The molecule has 10 aromatic carbocycles. The number of esters is 8. The lowest BCUT2D eigenvalue weighted by Crippen LogP contribution is -2.62. The number of cyclic esters (lactones) is 5. The summed E-state index contributed by atoms with van der Waals surface area (Å²) in [5.74, 6) is -61.4. The van der Waals surface area contributed by atoms with Crippen molar-refractivity contribution in [1.82, 2.24) is 0 Å². The molecule has 1 saturated heterocycles. The molecule has 0 saturated carbocycles. The minimum Gasteiger partial charge on any atom is -0.507 e. The highest BCUT2D eigenvalue weighted by molar-refractivity contribution is 6.12. The number of hydrogen-bond donors (Lipinski definition) is 31. The Morgan fingerprint density at radius 3 is 1.23 bits per heavy atom. The highest BCUT2D eigenvalue weighted by Crippen LogP contribution is 2.60. The number of phenolic OH excluding ortho intramolecular Hbond substituents is 27. The van der Waals surface area contributed by atoms with E-state index in [2.05, 4.69) is 0 Å². The van der Waals surface area contributed by atoms with Gasteiger partial charge in [0.15, 0.2) is 152 Å². The molecule has 1 unspecified atom stereocenters. The molecule has 50 heteroatoms. The van der Waals surface area contributed by atoms with Crippen molar-refractivity contribution < 1.29 is 249 Å². The first-order valence-corrected chi connectivity index (χ1v) is 37.6. The Labute approximate surface area is 732 Å². The maximum atomic E-state index is 16.1. The summed E-state index contributed by atoms with van der Waals surface area (Å²) in [5, 5.41) is 350. The van der Waals surface area contributed by atoms with Crippen molar-refractivity contribution >= 4 is 47.8 Å². The van der Waals surface area contributed by atoms with E-state index in [1.54, 1.807) is 0 Å². The average molecular weight is 1860 g/mol. The molecule has 133 heavy (non-hydrogen) atoms. The van der Waals surface area contributed by atoms with Crippen molar-refractivity contribution in [2.75, 3.05) is 13.2 Å². The van der Waals surface area contributed by atoms with E-state index in [-0.39, 0.29) is 35.9 Å². The van der Waals surface area contributed by atoms with Gasteiger partial charge in [-0.25, -0.2) is 38.4 Å². The van der Waals surface area contributed by atoms with Crippen molar-refractivity contribution in [3.8, 4) is 206 Å². The van der Waals surface area contributed by atoms with Gasteiger partial charge in [0.2, 0.25) is 46.0 Å². The molecule has 15 rings (SSSR count). The van der Waals surface area contributed by atoms with Gasteiger partial charge in [-0.05, 0) is 60.2 Å². The van der Waals surface area contributed by atoms with E-state index >= 15 is 19.2 Å². The second kappa shape index (κ2) is 33.0. The predicted molar refractivity (Wildman–Crippen MR) is 417 cm³/mol. The SMILES string of the molecule is O=C(O[C@H]1[C@@H]2OC(=O)c3cc(O)c(O)c(O)c3-c3c(cc(O)c(O)c3O)C(=O)OC[C@H]2OC(O)[C@@H]1OC(=O)c1cc(O)c(O)c(O)c1Oc1cc2c(c(O)c1O)-c1c(cc(O)c(O)c1O)C(=O)O[C@@H]([C@@H]1OC(=O)c3cc(O)c(O)c(O)c3-c3c(cc(O)c(O)c3O)C(=O)OC[C@H]1O)[C@H]([C@@H](O)c1c(O)cc3c(c1O)C[C@@H](O)[C@@H](c1ccc(O)c(O)c1)O3)OC2=O)c1cc(O)c(O)c(O)c1. The summed E-state index contributed by atoms with van der Waals surface area (Å²) in [4.78, 5) is 120. The largest absolute Gasteiger partial charge is 0.507 e. The van der Waals surface area contributed by atoms with E-state index in [0.717, 1.165) is 18.2 Å². The molecule has 0 radical (unpaired) electrons. The number of hydrogen-bond acceptors (Lipinski definition) is 50. The van der Waals surface area contributed by atoms with E-state index in [1.165, 1.54) is 0 Å². The second-order valence-corrected chi connectivity index (χ2v) is 29.7. The van der Waals surface area contributed by atoms with Gasteiger partial charge in [-0.3, -0.25) is 0 Å². The minimum absolute atomic E-state index is 0.0657.